The molecule has 0 spiro atoms. The molecule has 0 saturated heterocycles. The molecule has 2 rings (SSSR count). The molecule has 0 unspecified atom stereocenters. The summed E-state index contributed by atoms with van der Waals surface area (Å²) in [6.45, 7) is 3.46. The van der Waals surface area contributed by atoms with Gasteiger partial charge in [-0.05, 0) is 49.2 Å². The fourth-order valence-corrected chi connectivity index (χ4v) is 3.32. The summed E-state index contributed by atoms with van der Waals surface area (Å²) in [5.74, 6) is 0.597. The van der Waals surface area contributed by atoms with E-state index in [1.54, 1.807) is 50.2 Å². The van der Waals surface area contributed by atoms with Crippen molar-refractivity contribution in [2.24, 2.45) is 0 Å². The molecule has 0 aliphatic heterocycles. The second-order valence-electron chi connectivity index (χ2n) is 7.35. The van der Waals surface area contributed by atoms with Crippen LogP contribution in [0, 0.1) is 0 Å². The van der Waals surface area contributed by atoms with Gasteiger partial charge in [-0.15, -0.1) is 0 Å². The highest BCUT2D eigenvalue weighted by molar-refractivity contribution is 5.85. The molecule has 36 heavy (non-hydrogen) atoms. The Morgan fingerprint density at radius 1 is 0.611 bits per heavy atom. The highest BCUT2D eigenvalue weighted by Gasteiger charge is 2.38. The maximum Gasteiger partial charge on any atom is 0.338 e. The summed E-state index contributed by atoms with van der Waals surface area (Å²) in [6.07, 6.45) is -2.76. The van der Waals surface area contributed by atoms with Crippen LogP contribution in [0.4, 0.5) is 0 Å². The molecule has 0 radical (unpaired) electrons. The third kappa shape index (κ3) is 7.76. The van der Waals surface area contributed by atoms with Crippen molar-refractivity contribution in [1.82, 2.24) is 0 Å². The van der Waals surface area contributed by atoms with Gasteiger partial charge in [-0.3, -0.25) is 0 Å². The van der Waals surface area contributed by atoms with Gasteiger partial charge >= 0.3 is 11.9 Å². The fraction of sp³-hybridized carbons (Fsp3) is 0.462. The van der Waals surface area contributed by atoms with Crippen LogP contribution in [-0.4, -0.2) is 65.8 Å². The third-order valence-corrected chi connectivity index (χ3v) is 5.07. The van der Waals surface area contributed by atoms with Crippen molar-refractivity contribution >= 4 is 11.9 Å². The first-order chi connectivity index (χ1) is 17.4. The molecule has 0 aliphatic rings. The predicted octanol–water partition coefficient (Wildman–Crippen LogP) is 3.32. The lowest BCUT2D eigenvalue weighted by Crippen LogP contribution is -2.45. The van der Waals surface area contributed by atoms with Crippen LogP contribution >= 0.6 is 0 Å². The second kappa shape index (κ2) is 14.8. The predicted molar refractivity (Wildman–Crippen MR) is 130 cm³/mol. The highest BCUT2D eigenvalue weighted by atomic mass is 16.6. The summed E-state index contributed by atoms with van der Waals surface area (Å²) in [5, 5.41) is 0. The largest absolute Gasteiger partial charge is 0.493 e. The molecule has 2 aromatic rings. The van der Waals surface area contributed by atoms with Gasteiger partial charge in [0, 0.05) is 0 Å². The van der Waals surface area contributed by atoms with Crippen molar-refractivity contribution in [2.45, 2.75) is 39.3 Å². The third-order valence-electron chi connectivity index (χ3n) is 5.07. The van der Waals surface area contributed by atoms with Crippen LogP contribution < -0.4 is 18.9 Å². The number of esters is 2. The van der Waals surface area contributed by atoms with Gasteiger partial charge in [-0.2, -0.15) is 0 Å². The molecule has 10 heteroatoms. The molecule has 0 aliphatic carbocycles. The van der Waals surface area contributed by atoms with E-state index in [1.165, 1.54) is 28.4 Å². The normalized spacial score (nSPS) is 12.3. The second-order valence-corrected chi connectivity index (χ2v) is 7.35. The average Bonchev–Trinajstić information content (AvgIpc) is 2.90. The summed E-state index contributed by atoms with van der Waals surface area (Å²) >= 11 is 0. The van der Waals surface area contributed by atoms with Crippen LogP contribution in [-0.2, 0) is 41.8 Å². The quantitative estimate of drug-likeness (QED) is 0.334. The summed E-state index contributed by atoms with van der Waals surface area (Å²) in [7, 11) is 6.10. The maximum absolute atomic E-state index is 12.8. The minimum atomic E-state index is -1.38. The summed E-state index contributed by atoms with van der Waals surface area (Å²) < 4.78 is 43.2. The van der Waals surface area contributed by atoms with E-state index in [1.807, 2.05) is 0 Å². The van der Waals surface area contributed by atoms with Gasteiger partial charge in [0.1, 0.15) is 0 Å². The van der Waals surface area contributed by atoms with Crippen molar-refractivity contribution in [3.05, 3.63) is 47.5 Å². The van der Waals surface area contributed by atoms with Crippen molar-refractivity contribution in [3.63, 3.8) is 0 Å². The number of hydrogen-bond acceptors (Lipinski definition) is 10. The molecule has 0 heterocycles. The Morgan fingerprint density at radius 3 is 1.28 bits per heavy atom. The lowest BCUT2D eigenvalue weighted by atomic mass is 10.1. The number of hydrogen-bond donors (Lipinski definition) is 0. The highest BCUT2D eigenvalue weighted by Crippen LogP contribution is 2.29. The summed E-state index contributed by atoms with van der Waals surface area (Å²) in [5.41, 5.74) is 1.37. The van der Waals surface area contributed by atoms with Gasteiger partial charge in [0.15, 0.2) is 35.2 Å². The number of methoxy groups -OCH3 is 4. The first kappa shape index (κ1) is 28.7. The molecule has 2 aromatic carbocycles. The van der Waals surface area contributed by atoms with E-state index in [0.29, 0.717) is 34.1 Å². The Morgan fingerprint density at radius 2 is 0.972 bits per heavy atom. The standard InChI is InChI=1S/C26H34O10/c1-7-33-25(27)23(35-15-17-9-11-19(29-3)21(13-17)31-5)24(26(28)34-8-2)36-16-18-10-12-20(30-4)22(14-18)32-6/h9-14,23-24H,7-8,15-16H2,1-6H3/t23-,24-/m1/s1. The lowest BCUT2D eigenvalue weighted by Gasteiger charge is -2.25. The van der Waals surface area contributed by atoms with E-state index in [0.717, 1.165) is 0 Å². The van der Waals surface area contributed by atoms with Gasteiger partial charge in [0.05, 0.1) is 54.9 Å². The monoisotopic (exact) mass is 506 g/mol. The van der Waals surface area contributed by atoms with Crippen LogP contribution in [0.1, 0.15) is 25.0 Å². The number of benzene rings is 2. The zero-order valence-electron chi connectivity index (χ0n) is 21.5. The molecule has 0 amide bonds. The van der Waals surface area contributed by atoms with Gasteiger partial charge in [0.25, 0.3) is 0 Å². The molecule has 198 valence electrons. The van der Waals surface area contributed by atoms with E-state index >= 15 is 0 Å². The number of carbonyl (C=O) groups excluding carboxylic acids is 2. The van der Waals surface area contributed by atoms with Crippen molar-refractivity contribution in [2.75, 3.05) is 41.7 Å². The van der Waals surface area contributed by atoms with Crippen molar-refractivity contribution < 1.29 is 47.5 Å². The first-order valence-electron chi connectivity index (χ1n) is 11.4. The molecule has 0 saturated carbocycles. The van der Waals surface area contributed by atoms with E-state index in [4.69, 9.17) is 37.9 Å². The van der Waals surface area contributed by atoms with E-state index in [-0.39, 0.29) is 26.4 Å². The Labute approximate surface area is 211 Å². The van der Waals surface area contributed by atoms with Crippen molar-refractivity contribution in [1.29, 1.82) is 0 Å². The number of ether oxygens (including phenoxy) is 8. The Bertz CT molecular complexity index is 911. The average molecular weight is 507 g/mol. The topological polar surface area (TPSA) is 108 Å². The Hall–Kier alpha value is -3.50. The van der Waals surface area contributed by atoms with Crippen LogP contribution in [0.2, 0.25) is 0 Å². The zero-order valence-corrected chi connectivity index (χ0v) is 21.5. The zero-order chi connectivity index (χ0) is 26.5. The van der Waals surface area contributed by atoms with Crippen LogP contribution in [0.25, 0.3) is 0 Å². The van der Waals surface area contributed by atoms with Gasteiger partial charge in [-0.25, -0.2) is 9.59 Å². The minimum Gasteiger partial charge on any atom is -0.493 e. The van der Waals surface area contributed by atoms with E-state index in [9.17, 15) is 9.59 Å². The molecule has 0 fully saturated rings. The smallest absolute Gasteiger partial charge is 0.338 e. The minimum absolute atomic E-state index is 0.0283. The van der Waals surface area contributed by atoms with Gasteiger partial charge in [-0.1, -0.05) is 12.1 Å². The van der Waals surface area contributed by atoms with Crippen LogP contribution in [0.5, 0.6) is 23.0 Å². The van der Waals surface area contributed by atoms with E-state index in [2.05, 4.69) is 0 Å². The molecule has 0 bridgehead atoms. The number of carbonyl (C=O) groups is 2. The first-order valence-corrected chi connectivity index (χ1v) is 11.4. The molecule has 0 N–H and O–H groups in total. The Kier molecular flexibility index (Phi) is 11.8. The summed E-state index contributed by atoms with van der Waals surface area (Å²) in [4.78, 5) is 25.6. The SMILES string of the molecule is CCOC(=O)[C@H](OCc1ccc(OC)c(OC)c1)[C@@H](OCc1ccc(OC)c(OC)c1)C(=O)OCC. The maximum atomic E-state index is 12.8. The molecular formula is C26H34O10. The van der Waals surface area contributed by atoms with Gasteiger partial charge < -0.3 is 37.9 Å². The Balaban J connectivity index is 2.28. The van der Waals surface area contributed by atoms with E-state index < -0.39 is 24.1 Å². The fourth-order valence-electron chi connectivity index (χ4n) is 3.32. The van der Waals surface area contributed by atoms with Crippen LogP contribution in [0.3, 0.4) is 0 Å². The lowest BCUT2D eigenvalue weighted by molar-refractivity contribution is -0.185. The van der Waals surface area contributed by atoms with Crippen LogP contribution in [0.15, 0.2) is 36.4 Å². The summed E-state index contributed by atoms with van der Waals surface area (Å²) in [6, 6.07) is 10.4. The number of rotatable bonds is 15. The molecule has 2 atom stereocenters. The van der Waals surface area contributed by atoms with Gasteiger partial charge in [0.2, 0.25) is 0 Å². The molecule has 10 nitrogen and oxygen atoms in total. The molecule has 0 aromatic heterocycles. The molecular weight excluding hydrogens is 472 g/mol. The van der Waals surface area contributed by atoms with Crippen molar-refractivity contribution in [3.8, 4) is 23.0 Å².